The van der Waals surface area contributed by atoms with E-state index in [4.69, 9.17) is 4.74 Å². The molecule has 0 spiro atoms. The lowest BCUT2D eigenvalue weighted by Crippen LogP contribution is -2.25. The highest BCUT2D eigenvalue weighted by Gasteiger charge is 2.29. The number of carbonyl (C=O) groups excluding carboxylic acids is 1. The van der Waals surface area contributed by atoms with Crippen molar-refractivity contribution in [3.05, 3.63) is 35.6 Å². The van der Waals surface area contributed by atoms with Gasteiger partial charge in [-0.05, 0) is 44.5 Å². The maximum atomic E-state index is 12.8. The minimum absolute atomic E-state index is 0.0251. The average Bonchev–Trinajstić information content (AvgIpc) is 2.80. The van der Waals surface area contributed by atoms with Gasteiger partial charge in [0, 0.05) is 13.1 Å². The molecular formula is C15H20FNO2. The fourth-order valence-corrected chi connectivity index (χ4v) is 2.35. The highest BCUT2D eigenvalue weighted by Crippen LogP contribution is 2.20. The summed E-state index contributed by atoms with van der Waals surface area (Å²) in [6, 6.07) is 6.51. The minimum atomic E-state index is -0.219. The average molecular weight is 265 g/mol. The van der Waals surface area contributed by atoms with Crippen LogP contribution in [0.5, 0.6) is 0 Å². The van der Waals surface area contributed by atoms with Gasteiger partial charge in [-0.25, -0.2) is 4.39 Å². The third-order valence-corrected chi connectivity index (χ3v) is 3.28. The van der Waals surface area contributed by atoms with Crippen LogP contribution in [0.4, 0.5) is 4.39 Å². The SMILES string of the molecule is CC(C)OC(=O)C1CCN(Cc2ccc(F)cc2)C1. The fraction of sp³-hybridized carbons (Fsp3) is 0.533. The molecule has 1 saturated heterocycles. The predicted molar refractivity (Wildman–Crippen MR) is 71.0 cm³/mol. The molecule has 4 heteroatoms. The Bertz CT molecular complexity index is 430. The van der Waals surface area contributed by atoms with Gasteiger partial charge in [0.05, 0.1) is 12.0 Å². The summed E-state index contributed by atoms with van der Waals surface area (Å²) in [6.07, 6.45) is 0.783. The Balaban J connectivity index is 1.85. The van der Waals surface area contributed by atoms with E-state index in [2.05, 4.69) is 4.90 Å². The number of hydrogen-bond donors (Lipinski definition) is 0. The lowest BCUT2D eigenvalue weighted by atomic mass is 10.1. The molecule has 1 aromatic carbocycles. The molecule has 1 aliphatic heterocycles. The first kappa shape index (κ1) is 14.0. The van der Waals surface area contributed by atoms with Crippen molar-refractivity contribution in [2.24, 2.45) is 5.92 Å². The number of ether oxygens (including phenoxy) is 1. The van der Waals surface area contributed by atoms with Crippen LogP contribution in [0.2, 0.25) is 0 Å². The summed E-state index contributed by atoms with van der Waals surface area (Å²) in [5.41, 5.74) is 1.07. The number of nitrogens with zero attached hydrogens (tertiary/aromatic N) is 1. The molecule has 1 atom stereocenters. The Morgan fingerprint density at radius 1 is 1.42 bits per heavy atom. The summed E-state index contributed by atoms with van der Waals surface area (Å²) in [6.45, 7) is 6.09. The van der Waals surface area contributed by atoms with Gasteiger partial charge >= 0.3 is 5.97 Å². The van der Waals surface area contributed by atoms with Gasteiger partial charge < -0.3 is 4.74 Å². The Morgan fingerprint density at radius 2 is 2.11 bits per heavy atom. The predicted octanol–water partition coefficient (Wildman–Crippen LogP) is 2.60. The topological polar surface area (TPSA) is 29.5 Å². The minimum Gasteiger partial charge on any atom is -0.463 e. The molecule has 0 N–H and O–H groups in total. The van der Waals surface area contributed by atoms with E-state index in [0.29, 0.717) is 0 Å². The maximum absolute atomic E-state index is 12.8. The second-order valence-electron chi connectivity index (χ2n) is 5.33. The summed E-state index contributed by atoms with van der Waals surface area (Å²) >= 11 is 0. The largest absolute Gasteiger partial charge is 0.463 e. The van der Waals surface area contributed by atoms with Gasteiger partial charge in [0.2, 0.25) is 0 Å². The highest BCUT2D eigenvalue weighted by molar-refractivity contribution is 5.73. The standard InChI is InChI=1S/C15H20FNO2/c1-11(2)19-15(18)13-7-8-17(10-13)9-12-3-5-14(16)6-4-12/h3-6,11,13H,7-10H2,1-2H3. The lowest BCUT2D eigenvalue weighted by molar-refractivity contribution is -0.151. The van der Waals surface area contributed by atoms with E-state index >= 15 is 0 Å². The third kappa shape index (κ3) is 4.03. The smallest absolute Gasteiger partial charge is 0.310 e. The van der Waals surface area contributed by atoms with Gasteiger partial charge in [-0.15, -0.1) is 0 Å². The molecule has 1 aromatic rings. The number of carbonyl (C=O) groups is 1. The van der Waals surface area contributed by atoms with Gasteiger partial charge in [-0.2, -0.15) is 0 Å². The summed E-state index contributed by atoms with van der Waals surface area (Å²) in [5, 5.41) is 0. The van der Waals surface area contributed by atoms with Gasteiger partial charge in [0.1, 0.15) is 5.82 Å². The number of rotatable bonds is 4. The zero-order valence-electron chi connectivity index (χ0n) is 11.4. The molecule has 1 aliphatic rings. The zero-order chi connectivity index (χ0) is 13.8. The van der Waals surface area contributed by atoms with E-state index in [9.17, 15) is 9.18 Å². The van der Waals surface area contributed by atoms with Crippen LogP contribution in [-0.2, 0) is 16.1 Å². The monoisotopic (exact) mass is 265 g/mol. The molecule has 0 aliphatic carbocycles. The molecule has 0 radical (unpaired) electrons. The van der Waals surface area contributed by atoms with Crippen LogP contribution in [0, 0.1) is 11.7 Å². The molecule has 0 aromatic heterocycles. The normalized spacial score (nSPS) is 19.9. The number of benzene rings is 1. The van der Waals surface area contributed by atoms with Gasteiger partial charge in [0.15, 0.2) is 0 Å². The molecule has 1 fully saturated rings. The van der Waals surface area contributed by atoms with Crippen LogP contribution >= 0.6 is 0 Å². The second kappa shape index (κ2) is 6.15. The van der Waals surface area contributed by atoms with E-state index in [-0.39, 0.29) is 23.8 Å². The fourth-order valence-electron chi connectivity index (χ4n) is 2.35. The molecule has 3 nitrogen and oxygen atoms in total. The molecule has 2 rings (SSSR count). The molecule has 1 heterocycles. The Labute approximate surface area is 113 Å². The Hall–Kier alpha value is -1.42. The van der Waals surface area contributed by atoms with Crippen LogP contribution in [0.3, 0.4) is 0 Å². The summed E-state index contributed by atoms with van der Waals surface area (Å²) < 4.78 is 18.0. The van der Waals surface area contributed by atoms with Crippen LogP contribution in [0.1, 0.15) is 25.8 Å². The first-order chi connectivity index (χ1) is 9.04. The van der Waals surface area contributed by atoms with E-state index in [1.165, 1.54) is 12.1 Å². The summed E-state index contributed by atoms with van der Waals surface area (Å²) in [4.78, 5) is 14.0. The van der Waals surface area contributed by atoms with Crippen molar-refractivity contribution in [2.45, 2.75) is 32.9 Å². The van der Waals surface area contributed by atoms with Gasteiger partial charge in [0.25, 0.3) is 0 Å². The Morgan fingerprint density at radius 3 is 2.74 bits per heavy atom. The molecule has 19 heavy (non-hydrogen) atoms. The van der Waals surface area contributed by atoms with Crippen molar-refractivity contribution in [3.63, 3.8) is 0 Å². The molecule has 0 saturated carbocycles. The van der Waals surface area contributed by atoms with E-state index in [1.54, 1.807) is 12.1 Å². The van der Waals surface area contributed by atoms with Crippen LogP contribution < -0.4 is 0 Å². The summed E-state index contributed by atoms with van der Waals surface area (Å²) in [5.74, 6) is -0.344. The van der Waals surface area contributed by atoms with E-state index < -0.39 is 0 Å². The van der Waals surface area contributed by atoms with Crippen molar-refractivity contribution >= 4 is 5.97 Å². The quantitative estimate of drug-likeness (QED) is 0.784. The number of esters is 1. The van der Waals surface area contributed by atoms with Crippen molar-refractivity contribution < 1.29 is 13.9 Å². The van der Waals surface area contributed by atoms with Crippen LogP contribution in [-0.4, -0.2) is 30.1 Å². The molecule has 0 amide bonds. The van der Waals surface area contributed by atoms with Crippen molar-refractivity contribution in [1.82, 2.24) is 4.90 Å². The lowest BCUT2D eigenvalue weighted by Gasteiger charge is -2.16. The molecule has 0 bridgehead atoms. The summed E-state index contributed by atoms with van der Waals surface area (Å²) in [7, 11) is 0. The highest BCUT2D eigenvalue weighted by atomic mass is 19.1. The van der Waals surface area contributed by atoms with Gasteiger partial charge in [-0.3, -0.25) is 9.69 Å². The van der Waals surface area contributed by atoms with E-state index in [0.717, 1.165) is 31.6 Å². The van der Waals surface area contributed by atoms with E-state index in [1.807, 2.05) is 13.8 Å². The van der Waals surface area contributed by atoms with Gasteiger partial charge in [-0.1, -0.05) is 12.1 Å². The molecule has 1 unspecified atom stereocenters. The first-order valence-electron chi connectivity index (χ1n) is 6.72. The first-order valence-corrected chi connectivity index (χ1v) is 6.72. The number of hydrogen-bond acceptors (Lipinski definition) is 3. The second-order valence-corrected chi connectivity index (χ2v) is 5.33. The van der Waals surface area contributed by atoms with Crippen molar-refractivity contribution in [3.8, 4) is 0 Å². The zero-order valence-corrected chi connectivity index (χ0v) is 11.4. The number of halogens is 1. The Kier molecular flexibility index (Phi) is 4.53. The maximum Gasteiger partial charge on any atom is 0.310 e. The van der Waals surface area contributed by atoms with Crippen LogP contribution in [0.15, 0.2) is 24.3 Å². The van der Waals surface area contributed by atoms with Crippen molar-refractivity contribution in [1.29, 1.82) is 0 Å². The van der Waals surface area contributed by atoms with Crippen LogP contribution in [0.25, 0.3) is 0 Å². The van der Waals surface area contributed by atoms with Crippen molar-refractivity contribution in [2.75, 3.05) is 13.1 Å². The number of likely N-dealkylation sites (tertiary alicyclic amines) is 1. The molecule has 104 valence electrons. The third-order valence-electron chi connectivity index (χ3n) is 3.28. The molecular weight excluding hydrogens is 245 g/mol.